The average molecular weight is 462 g/mol. The second-order valence-electron chi connectivity index (χ2n) is 9.73. The molecule has 1 aliphatic carbocycles. The number of nitrogens with one attached hydrogen (secondary N) is 1. The molecule has 0 saturated heterocycles. The molecule has 2 amide bonds. The van der Waals surface area contributed by atoms with Crippen LogP contribution in [0.1, 0.15) is 37.0 Å². The zero-order valence-corrected chi connectivity index (χ0v) is 19.7. The lowest BCUT2D eigenvalue weighted by Crippen LogP contribution is -2.48. The summed E-state index contributed by atoms with van der Waals surface area (Å²) in [7, 11) is 0. The summed E-state index contributed by atoms with van der Waals surface area (Å²) in [5.74, 6) is -0.533. The molecule has 7 heteroatoms. The molecule has 2 aromatic rings. The standard InChI is InChI=1S/C27H31N3O4/c1-27(2)14-23(27)24(34-26(32)30-13-12-20-10-6-7-11-21(20)16-30)25(31)29-22(15-28)18-33-17-19-8-4-3-5-9-19/h3-11,22-24H,12-14,16-18H2,1-2H3,(H,29,31). The summed E-state index contributed by atoms with van der Waals surface area (Å²) in [5, 5.41) is 12.2. The Labute approximate surface area is 200 Å². The first-order valence-corrected chi connectivity index (χ1v) is 11.7. The largest absolute Gasteiger partial charge is 0.436 e. The van der Waals surface area contributed by atoms with Crippen molar-refractivity contribution >= 4 is 12.0 Å². The molecule has 0 spiro atoms. The van der Waals surface area contributed by atoms with Crippen LogP contribution < -0.4 is 5.32 Å². The van der Waals surface area contributed by atoms with E-state index in [9.17, 15) is 14.9 Å². The summed E-state index contributed by atoms with van der Waals surface area (Å²) in [4.78, 5) is 27.7. The second kappa shape index (κ2) is 10.3. The van der Waals surface area contributed by atoms with Crippen molar-refractivity contribution in [1.82, 2.24) is 10.2 Å². The Morgan fingerprint density at radius 2 is 1.82 bits per heavy atom. The molecule has 1 aliphatic heterocycles. The maximum atomic E-state index is 13.1. The van der Waals surface area contributed by atoms with Crippen LogP contribution >= 0.6 is 0 Å². The summed E-state index contributed by atoms with van der Waals surface area (Å²) >= 11 is 0. The van der Waals surface area contributed by atoms with Crippen molar-refractivity contribution in [2.75, 3.05) is 13.2 Å². The Balaban J connectivity index is 1.35. The Kier molecular flexibility index (Phi) is 7.18. The fourth-order valence-electron chi connectivity index (χ4n) is 4.41. The van der Waals surface area contributed by atoms with E-state index in [1.165, 1.54) is 5.56 Å². The van der Waals surface area contributed by atoms with E-state index in [1.807, 2.05) is 62.4 Å². The SMILES string of the molecule is CC1(C)CC1C(OC(=O)N1CCc2ccccc2C1)C(=O)NC(C#N)COCc1ccccc1. The predicted molar refractivity (Wildman–Crippen MR) is 126 cm³/mol. The summed E-state index contributed by atoms with van der Waals surface area (Å²) in [5.41, 5.74) is 3.22. The van der Waals surface area contributed by atoms with Gasteiger partial charge < -0.3 is 19.7 Å². The highest BCUT2D eigenvalue weighted by Crippen LogP contribution is 2.54. The minimum absolute atomic E-state index is 0.0504. The van der Waals surface area contributed by atoms with Gasteiger partial charge in [-0.05, 0) is 34.9 Å². The summed E-state index contributed by atoms with van der Waals surface area (Å²) in [6.45, 7) is 5.51. The van der Waals surface area contributed by atoms with Crippen molar-refractivity contribution in [3.05, 3.63) is 71.3 Å². The highest BCUT2D eigenvalue weighted by Gasteiger charge is 2.55. The third-order valence-electron chi connectivity index (χ3n) is 6.70. The molecule has 1 heterocycles. The van der Waals surface area contributed by atoms with Crippen LogP contribution in [0.4, 0.5) is 4.79 Å². The van der Waals surface area contributed by atoms with Crippen LogP contribution in [0, 0.1) is 22.7 Å². The Bertz CT molecular complexity index is 1060. The number of rotatable bonds is 8. The van der Waals surface area contributed by atoms with Gasteiger partial charge in [0.1, 0.15) is 6.04 Å². The van der Waals surface area contributed by atoms with Crippen molar-refractivity contribution in [3.8, 4) is 6.07 Å². The van der Waals surface area contributed by atoms with Gasteiger partial charge in [-0.15, -0.1) is 0 Å². The summed E-state index contributed by atoms with van der Waals surface area (Å²) in [6, 6.07) is 18.9. The lowest BCUT2D eigenvalue weighted by molar-refractivity contribution is -0.132. The van der Waals surface area contributed by atoms with Crippen molar-refractivity contribution in [2.45, 2.75) is 52.0 Å². The summed E-state index contributed by atoms with van der Waals surface area (Å²) in [6.07, 6.45) is 0.103. The molecule has 2 aliphatic rings. The molecule has 2 aromatic carbocycles. The smallest absolute Gasteiger partial charge is 0.410 e. The van der Waals surface area contributed by atoms with Crippen molar-refractivity contribution in [1.29, 1.82) is 5.26 Å². The van der Waals surface area contributed by atoms with E-state index in [1.54, 1.807) is 4.90 Å². The Morgan fingerprint density at radius 3 is 2.50 bits per heavy atom. The fourth-order valence-corrected chi connectivity index (χ4v) is 4.41. The first-order valence-electron chi connectivity index (χ1n) is 11.7. The van der Waals surface area contributed by atoms with Crippen molar-refractivity contribution in [2.24, 2.45) is 11.3 Å². The molecule has 1 fully saturated rings. The third kappa shape index (κ3) is 5.75. The minimum atomic E-state index is -0.940. The minimum Gasteiger partial charge on any atom is -0.436 e. The number of nitrogens with zero attached hydrogens (tertiary/aromatic N) is 2. The van der Waals surface area contributed by atoms with Crippen molar-refractivity contribution in [3.63, 3.8) is 0 Å². The lowest BCUT2D eigenvalue weighted by Gasteiger charge is -2.30. The molecule has 0 radical (unpaired) electrons. The first kappa shape index (κ1) is 23.8. The van der Waals surface area contributed by atoms with E-state index < -0.39 is 24.1 Å². The number of carbonyl (C=O) groups is 2. The number of hydrogen-bond donors (Lipinski definition) is 1. The van der Waals surface area contributed by atoms with Crippen LogP contribution in [0.5, 0.6) is 0 Å². The topological polar surface area (TPSA) is 91.7 Å². The second-order valence-corrected chi connectivity index (χ2v) is 9.73. The van der Waals surface area contributed by atoms with Gasteiger partial charge in [-0.3, -0.25) is 4.79 Å². The molecular weight excluding hydrogens is 430 g/mol. The first-order chi connectivity index (χ1) is 16.4. The van der Waals surface area contributed by atoms with Crippen LogP contribution in [-0.4, -0.2) is 42.2 Å². The third-order valence-corrected chi connectivity index (χ3v) is 6.70. The zero-order chi connectivity index (χ0) is 24.1. The van der Waals surface area contributed by atoms with Crippen LogP contribution in [0.2, 0.25) is 0 Å². The molecule has 4 rings (SSSR count). The number of amides is 2. The highest BCUT2D eigenvalue weighted by molar-refractivity contribution is 5.85. The fraction of sp³-hybridized carbons (Fsp3) is 0.444. The number of ether oxygens (including phenoxy) is 2. The number of fused-ring (bicyclic) bond motifs is 1. The highest BCUT2D eigenvalue weighted by atomic mass is 16.6. The van der Waals surface area contributed by atoms with Crippen LogP contribution in [0.3, 0.4) is 0 Å². The van der Waals surface area contributed by atoms with Gasteiger partial charge in [-0.2, -0.15) is 5.26 Å². The van der Waals surface area contributed by atoms with Gasteiger partial charge in [0.05, 0.1) is 19.3 Å². The molecule has 7 nitrogen and oxygen atoms in total. The molecule has 1 saturated carbocycles. The molecule has 0 bridgehead atoms. The van der Waals surface area contributed by atoms with Gasteiger partial charge >= 0.3 is 6.09 Å². The quantitative estimate of drug-likeness (QED) is 0.645. The van der Waals surface area contributed by atoms with E-state index >= 15 is 0 Å². The maximum absolute atomic E-state index is 13.1. The number of nitriles is 1. The average Bonchev–Trinajstić information content (AvgIpc) is 3.49. The van der Waals surface area contributed by atoms with E-state index in [-0.39, 0.29) is 17.9 Å². The number of carbonyl (C=O) groups excluding carboxylic acids is 2. The monoisotopic (exact) mass is 461 g/mol. The van der Waals surface area contributed by atoms with Crippen LogP contribution in [-0.2, 0) is 33.8 Å². The zero-order valence-electron chi connectivity index (χ0n) is 19.7. The number of hydrogen-bond acceptors (Lipinski definition) is 5. The molecule has 1 N–H and O–H groups in total. The van der Waals surface area contributed by atoms with E-state index in [2.05, 4.69) is 17.5 Å². The van der Waals surface area contributed by atoms with Gasteiger partial charge in [-0.25, -0.2) is 4.79 Å². The molecule has 178 valence electrons. The molecule has 3 atom stereocenters. The van der Waals surface area contributed by atoms with Gasteiger partial charge in [0.15, 0.2) is 6.10 Å². The predicted octanol–water partition coefficient (Wildman–Crippen LogP) is 3.82. The molecule has 34 heavy (non-hydrogen) atoms. The molecule has 0 aromatic heterocycles. The summed E-state index contributed by atoms with van der Waals surface area (Å²) < 4.78 is 11.4. The normalized spacial score (nSPS) is 19.8. The van der Waals surface area contributed by atoms with Gasteiger partial charge in [0.25, 0.3) is 5.91 Å². The van der Waals surface area contributed by atoms with Crippen LogP contribution in [0.25, 0.3) is 0 Å². The Hall–Kier alpha value is -3.37. The maximum Gasteiger partial charge on any atom is 0.410 e. The lowest BCUT2D eigenvalue weighted by atomic mass is 10.0. The van der Waals surface area contributed by atoms with E-state index in [4.69, 9.17) is 9.47 Å². The molecule has 3 unspecified atom stereocenters. The van der Waals surface area contributed by atoms with Gasteiger partial charge in [-0.1, -0.05) is 68.4 Å². The number of benzene rings is 2. The van der Waals surface area contributed by atoms with Gasteiger partial charge in [0, 0.05) is 19.0 Å². The van der Waals surface area contributed by atoms with Gasteiger partial charge in [0.2, 0.25) is 0 Å². The van der Waals surface area contributed by atoms with Crippen LogP contribution in [0.15, 0.2) is 54.6 Å². The van der Waals surface area contributed by atoms with Crippen molar-refractivity contribution < 1.29 is 19.1 Å². The van der Waals surface area contributed by atoms with E-state index in [0.29, 0.717) is 19.7 Å². The van der Waals surface area contributed by atoms with E-state index in [0.717, 1.165) is 24.0 Å². The Morgan fingerprint density at radius 1 is 1.15 bits per heavy atom. The molecular formula is C27H31N3O4.